The number of hydrogen-bond donors (Lipinski definition) is 3. The number of nitrogens with one attached hydrogen (secondary N) is 1. The van der Waals surface area contributed by atoms with Crippen LogP contribution in [0.4, 0.5) is 0 Å². The zero-order valence-electron chi connectivity index (χ0n) is 25.0. The summed E-state index contributed by atoms with van der Waals surface area (Å²) in [5, 5.41) is 20.5. The van der Waals surface area contributed by atoms with Gasteiger partial charge in [0.05, 0.1) is 29.8 Å². The van der Waals surface area contributed by atoms with Crippen LogP contribution in [0.25, 0.3) is 0 Å². The van der Waals surface area contributed by atoms with Gasteiger partial charge in [-0.15, -0.1) is 0 Å². The van der Waals surface area contributed by atoms with Gasteiger partial charge in [0.1, 0.15) is 0 Å². The molecule has 0 aliphatic carbocycles. The molecule has 5 atom stereocenters. The van der Waals surface area contributed by atoms with Crippen molar-refractivity contribution in [1.29, 1.82) is 0 Å². The number of nitrogens with zero attached hydrogens (tertiary/aromatic N) is 1. The molecule has 1 aliphatic heterocycles. The maximum absolute atomic E-state index is 12.6. The molecule has 0 amide bonds. The van der Waals surface area contributed by atoms with E-state index in [4.69, 9.17) is 9.47 Å². The van der Waals surface area contributed by atoms with Crippen LogP contribution in [0.3, 0.4) is 0 Å². The van der Waals surface area contributed by atoms with Crippen LogP contribution in [-0.2, 0) is 32.6 Å². The van der Waals surface area contributed by atoms with E-state index in [1.54, 1.807) is 30.3 Å². The van der Waals surface area contributed by atoms with Crippen molar-refractivity contribution in [3.8, 4) is 0 Å². The average molecular weight is 617 g/mol. The second-order valence-corrected chi connectivity index (χ2v) is 13.0. The Morgan fingerprint density at radius 3 is 2.07 bits per heavy atom. The Hall–Kier alpha value is -3.41. The van der Waals surface area contributed by atoms with Gasteiger partial charge in [-0.2, -0.15) is 0 Å². The summed E-state index contributed by atoms with van der Waals surface area (Å²) in [7, 11) is -1.63. The van der Waals surface area contributed by atoms with Gasteiger partial charge in [0.25, 0.3) is 0 Å². The highest BCUT2D eigenvalue weighted by atomic mass is 32.2. The molecule has 5 unspecified atom stereocenters. The lowest BCUT2D eigenvalue weighted by atomic mass is 9.98. The summed E-state index contributed by atoms with van der Waals surface area (Å²) in [6, 6.07) is 33.1. The van der Waals surface area contributed by atoms with Crippen LogP contribution in [0.15, 0.2) is 114 Å². The van der Waals surface area contributed by atoms with E-state index in [1.807, 2.05) is 92.8 Å². The third-order valence-electron chi connectivity index (χ3n) is 8.17. The molecule has 1 fully saturated rings. The Morgan fingerprint density at radius 1 is 0.841 bits per heavy atom. The molecule has 44 heavy (non-hydrogen) atoms. The Labute approximate surface area is 259 Å². The van der Waals surface area contributed by atoms with Crippen LogP contribution < -0.4 is 4.72 Å². The zero-order chi connectivity index (χ0) is 31.1. The first-order valence-electron chi connectivity index (χ1n) is 14.8. The molecule has 3 N–H and O–H groups in total. The molecule has 232 valence electrons. The second kappa shape index (κ2) is 14.6. The third kappa shape index (κ3) is 7.99. The van der Waals surface area contributed by atoms with Gasteiger partial charge in [0.15, 0.2) is 6.29 Å². The lowest BCUT2D eigenvalue weighted by Crippen LogP contribution is -2.43. The lowest BCUT2D eigenvalue weighted by Gasteiger charge is -2.39. The van der Waals surface area contributed by atoms with Gasteiger partial charge < -0.3 is 19.7 Å². The first kappa shape index (κ1) is 32.0. The van der Waals surface area contributed by atoms with E-state index in [-0.39, 0.29) is 36.3 Å². The SMILES string of the molecule is CC(C(O)c1ccccc1)N(C)CC1CC(c2ccc(CO)cc2)OC(c2ccc(CNS(=O)(=O)c3ccccc3)cc2)O1. The quantitative estimate of drug-likeness (QED) is 0.199. The molecule has 8 nitrogen and oxygen atoms in total. The lowest BCUT2D eigenvalue weighted by molar-refractivity contribution is -0.253. The number of aliphatic hydroxyl groups excluding tert-OH is 2. The van der Waals surface area contributed by atoms with Gasteiger partial charge >= 0.3 is 0 Å². The van der Waals surface area contributed by atoms with Gasteiger partial charge in [-0.25, -0.2) is 13.1 Å². The summed E-state index contributed by atoms with van der Waals surface area (Å²) >= 11 is 0. The van der Waals surface area contributed by atoms with Crippen molar-refractivity contribution in [2.75, 3.05) is 13.6 Å². The molecule has 1 heterocycles. The second-order valence-electron chi connectivity index (χ2n) is 11.3. The molecule has 1 saturated heterocycles. The predicted octanol–water partition coefficient (Wildman–Crippen LogP) is 5.26. The minimum atomic E-state index is -3.62. The van der Waals surface area contributed by atoms with E-state index in [0.29, 0.717) is 13.0 Å². The minimum absolute atomic E-state index is 0.0273. The van der Waals surface area contributed by atoms with Crippen LogP contribution >= 0.6 is 0 Å². The fourth-order valence-corrected chi connectivity index (χ4v) is 6.38. The van der Waals surface area contributed by atoms with E-state index in [0.717, 1.165) is 27.8 Å². The van der Waals surface area contributed by atoms with Crippen LogP contribution in [-0.4, -0.2) is 49.3 Å². The fraction of sp³-hybridized carbons (Fsp3) is 0.314. The van der Waals surface area contributed by atoms with E-state index in [9.17, 15) is 18.6 Å². The summed E-state index contributed by atoms with van der Waals surface area (Å²) in [5.74, 6) is 0. The van der Waals surface area contributed by atoms with Crippen molar-refractivity contribution in [3.05, 3.63) is 137 Å². The fourth-order valence-electron chi connectivity index (χ4n) is 5.34. The highest BCUT2D eigenvalue weighted by Crippen LogP contribution is 2.38. The normalized spacial score (nSPS) is 20.3. The van der Waals surface area contributed by atoms with Crippen molar-refractivity contribution in [1.82, 2.24) is 9.62 Å². The molecular weight excluding hydrogens is 576 g/mol. The Balaban J connectivity index is 1.30. The molecule has 0 bridgehead atoms. The van der Waals surface area contributed by atoms with Crippen molar-refractivity contribution in [2.24, 2.45) is 0 Å². The molecule has 0 spiro atoms. The monoisotopic (exact) mass is 616 g/mol. The molecule has 0 aromatic heterocycles. The van der Waals surface area contributed by atoms with Crippen LogP contribution in [0.1, 0.15) is 59.7 Å². The molecule has 5 rings (SSSR count). The first-order valence-corrected chi connectivity index (χ1v) is 16.3. The maximum Gasteiger partial charge on any atom is 0.240 e. The standard InChI is InChI=1S/C35H40N2O6S/c1-25(34(39)29-9-5-3-6-10-29)37(2)23-31-21-33(28-17-15-27(24-38)16-18-28)43-35(42-31)30-19-13-26(14-20-30)22-36-44(40,41)32-11-7-4-8-12-32/h3-20,25,31,33-36,38-39H,21-24H2,1-2H3. The zero-order valence-corrected chi connectivity index (χ0v) is 25.8. The Morgan fingerprint density at radius 2 is 1.43 bits per heavy atom. The summed E-state index contributed by atoms with van der Waals surface area (Å²) in [4.78, 5) is 2.33. The number of rotatable bonds is 12. The number of ether oxygens (including phenoxy) is 2. The van der Waals surface area contributed by atoms with E-state index >= 15 is 0 Å². The van der Waals surface area contributed by atoms with Gasteiger partial charge in [0, 0.05) is 31.1 Å². The third-order valence-corrected chi connectivity index (χ3v) is 9.59. The summed E-state index contributed by atoms with van der Waals surface area (Å²) in [5.41, 5.74) is 4.32. The van der Waals surface area contributed by atoms with E-state index < -0.39 is 22.4 Å². The molecule has 4 aromatic rings. The molecule has 0 radical (unpaired) electrons. The topological polar surface area (TPSA) is 108 Å². The first-order chi connectivity index (χ1) is 21.2. The number of sulfonamides is 1. The number of aliphatic hydroxyl groups is 2. The molecular formula is C35H40N2O6S. The van der Waals surface area contributed by atoms with Crippen LogP contribution in [0.2, 0.25) is 0 Å². The minimum Gasteiger partial charge on any atom is -0.392 e. The number of benzene rings is 4. The van der Waals surface area contributed by atoms with Crippen molar-refractivity contribution in [3.63, 3.8) is 0 Å². The summed E-state index contributed by atoms with van der Waals surface area (Å²) < 4.78 is 40.9. The van der Waals surface area contributed by atoms with Crippen molar-refractivity contribution < 1.29 is 28.1 Å². The predicted molar refractivity (Wildman–Crippen MR) is 169 cm³/mol. The smallest absolute Gasteiger partial charge is 0.240 e. The largest absolute Gasteiger partial charge is 0.392 e. The number of likely N-dealkylation sites (N-methyl/N-ethyl adjacent to an activating group) is 1. The summed E-state index contributed by atoms with van der Waals surface area (Å²) in [6.07, 6.45) is -1.11. The van der Waals surface area contributed by atoms with Gasteiger partial charge in [0.2, 0.25) is 10.0 Å². The van der Waals surface area contributed by atoms with Crippen LogP contribution in [0, 0.1) is 0 Å². The highest BCUT2D eigenvalue weighted by molar-refractivity contribution is 7.89. The Kier molecular flexibility index (Phi) is 10.6. The van der Waals surface area contributed by atoms with Crippen molar-refractivity contribution in [2.45, 2.75) is 62.0 Å². The van der Waals surface area contributed by atoms with E-state index in [1.165, 1.54) is 0 Å². The van der Waals surface area contributed by atoms with Gasteiger partial charge in [-0.05, 0) is 48.4 Å². The van der Waals surface area contributed by atoms with Crippen LogP contribution in [0.5, 0.6) is 0 Å². The molecule has 4 aromatic carbocycles. The Bertz CT molecular complexity index is 1570. The van der Waals surface area contributed by atoms with Gasteiger partial charge in [-0.1, -0.05) is 97.1 Å². The van der Waals surface area contributed by atoms with Crippen molar-refractivity contribution >= 4 is 10.0 Å². The molecule has 9 heteroatoms. The van der Waals surface area contributed by atoms with E-state index in [2.05, 4.69) is 9.62 Å². The number of hydrogen-bond acceptors (Lipinski definition) is 7. The average Bonchev–Trinajstić information content (AvgIpc) is 3.07. The van der Waals surface area contributed by atoms with Gasteiger partial charge in [-0.3, -0.25) is 4.90 Å². The maximum atomic E-state index is 12.6. The summed E-state index contributed by atoms with van der Waals surface area (Å²) in [6.45, 7) is 2.71. The molecule has 1 aliphatic rings. The highest BCUT2D eigenvalue weighted by Gasteiger charge is 2.34. The molecule has 0 saturated carbocycles.